The quantitative estimate of drug-likeness (QED) is 0.785. The normalized spacial score (nSPS) is 19.8. The molecule has 0 bridgehead atoms. The number of carbonyl (C=O) groups excluding carboxylic acids is 2. The Bertz CT molecular complexity index is 803. The van der Waals surface area contributed by atoms with E-state index in [1.165, 1.54) is 7.11 Å². The van der Waals surface area contributed by atoms with Crippen molar-refractivity contribution < 1.29 is 18.8 Å². The average molecular weight is 371 g/mol. The van der Waals surface area contributed by atoms with Crippen molar-refractivity contribution in [2.75, 3.05) is 20.7 Å². The first-order valence-electron chi connectivity index (χ1n) is 9.10. The molecule has 1 aliphatic heterocycles. The van der Waals surface area contributed by atoms with Gasteiger partial charge in [0.15, 0.2) is 0 Å². The highest BCUT2D eigenvalue weighted by Gasteiger charge is 2.32. The molecule has 1 aliphatic rings. The summed E-state index contributed by atoms with van der Waals surface area (Å²) in [6.45, 7) is 2.24. The molecule has 0 spiro atoms. The van der Waals surface area contributed by atoms with Crippen LogP contribution in [-0.4, -0.2) is 54.7 Å². The second kappa shape index (κ2) is 8.35. The van der Waals surface area contributed by atoms with Crippen LogP contribution in [0.25, 0.3) is 11.3 Å². The number of hydrogen-bond acceptors (Lipinski definition) is 6. The molecule has 1 saturated heterocycles. The van der Waals surface area contributed by atoms with E-state index >= 15 is 0 Å². The Kier molecular flexibility index (Phi) is 5.91. The Balaban J connectivity index is 1.64. The molecule has 2 aromatic rings. The van der Waals surface area contributed by atoms with Crippen molar-refractivity contribution in [1.82, 2.24) is 15.4 Å². The predicted octanol–water partition coefficient (Wildman–Crippen LogP) is 2.41. The van der Waals surface area contributed by atoms with E-state index < -0.39 is 0 Å². The largest absolute Gasteiger partial charge is 0.469 e. The Morgan fingerprint density at radius 1 is 1.26 bits per heavy atom. The van der Waals surface area contributed by atoms with Crippen LogP contribution >= 0.6 is 0 Å². The summed E-state index contributed by atoms with van der Waals surface area (Å²) in [6, 6.07) is 9.84. The number of methoxy groups -OCH3 is 1. The molecular weight excluding hydrogens is 346 g/mol. The molecule has 27 heavy (non-hydrogen) atoms. The van der Waals surface area contributed by atoms with E-state index in [0.717, 1.165) is 18.4 Å². The molecule has 0 radical (unpaired) electrons. The van der Waals surface area contributed by atoms with Gasteiger partial charge in [-0.1, -0.05) is 35.5 Å². The maximum absolute atomic E-state index is 12.8. The van der Waals surface area contributed by atoms with E-state index in [1.54, 1.807) is 6.92 Å². The number of aromatic nitrogens is 1. The number of carbonyl (C=O) groups is 2. The molecule has 2 heterocycles. The highest BCUT2D eigenvalue weighted by molar-refractivity contribution is 6.00. The van der Waals surface area contributed by atoms with Crippen molar-refractivity contribution >= 4 is 11.9 Å². The van der Waals surface area contributed by atoms with Gasteiger partial charge in [0.05, 0.1) is 13.5 Å². The maximum Gasteiger partial charge on any atom is 0.307 e. The van der Waals surface area contributed by atoms with Crippen LogP contribution in [0.5, 0.6) is 0 Å². The molecule has 1 fully saturated rings. The van der Waals surface area contributed by atoms with Crippen LogP contribution in [0.3, 0.4) is 0 Å². The number of esters is 1. The Hall–Kier alpha value is -2.67. The number of nitrogens with zero attached hydrogens (tertiary/aromatic N) is 2. The molecule has 1 aromatic heterocycles. The first kappa shape index (κ1) is 19.1. The van der Waals surface area contributed by atoms with Gasteiger partial charge in [-0.05, 0) is 26.8 Å². The van der Waals surface area contributed by atoms with Crippen LogP contribution in [0, 0.1) is 6.92 Å². The summed E-state index contributed by atoms with van der Waals surface area (Å²) in [5, 5.41) is 7.06. The van der Waals surface area contributed by atoms with Gasteiger partial charge < -0.3 is 14.6 Å². The summed E-state index contributed by atoms with van der Waals surface area (Å²) >= 11 is 0. The monoisotopic (exact) mass is 371 g/mol. The molecular formula is C20H25N3O4. The molecule has 0 unspecified atom stereocenters. The second-order valence-electron chi connectivity index (χ2n) is 6.87. The molecule has 1 N–H and O–H groups in total. The molecule has 144 valence electrons. The van der Waals surface area contributed by atoms with Gasteiger partial charge >= 0.3 is 5.97 Å². The minimum atomic E-state index is -0.205. The minimum absolute atomic E-state index is 0.150. The molecule has 7 nitrogen and oxygen atoms in total. The lowest BCUT2D eigenvalue weighted by Crippen LogP contribution is -2.41. The van der Waals surface area contributed by atoms with Gasteiger partial charge in [0.25, 0.3) is 5.91 Å². The zero-order valence-corrected chi connectivity index (χ0v) is 15.9. The Labute approximate surface area is 158 Å². The van der Waals surface area contributed by atoms with E-state index in [1.807, 2.05) is 37.4 Å². The summed E-state index contributed by atoms with van der Waals surface area (Å²) in [5.41, 5.74) is 1.86. The summed E-state index contributed by atoms with van der Waals surface area (Å²) in [6.07, 6.45) is 2.21. The first-order chi connectivity index (χ1) is 13.0. The van der Waals surface area contributed by atoms with E-state index in [9.17, 15) is 9.59 Å². The molecule has 2 atom stereocenters. The van der Waals surface area contributed by atoms with Crippen molar-refractivity contribution in [3.05, 3.63) is 41.7 Å². The molecule has 0 aliphatic carbocycles. The van der Waals surface area contributed by atoms with Gasteiger partial charge in [0, 0.05) is 24.2 Å². The number of likely N-dealkylation sites (N-methyl/N-ethyl adjacent to an activating group) is 1. The fourth-order valence-corrected chi connectivity index (χ4v) is 3.59. The third-order valence-electron chi connectivity index (χ3n) is 5.25. The average Bonchev–Trinajstić information content (AvgIpc) is 3.23. The van der Waals surface area contributed by atoms with Crippen LogP contribution in [0.4, 0.5) is 0 Å². The number of hydrogen-bond donors (Lipinski definition) is 1. The molecule has 1 amide bonds. The van der Waals surface area contributed by atoms with Crippen LogP contribution < -0.4 is 5.32 Å². The zero-order chi connectivity index (χ0) is 19.4. The topological polar surface area (TPSA) is 84.7 Å². The van der Waals surface area contributed by atoms with Crippen molar-refractivity contribution in [3.63, 3.8) is 0 Å². The molecule has 3 rings (SSSR count). The molecule has 7 heteroatoms. The van der Waals surface area contributed by atoms with Gasteiger partial charge in [-0.25, -0.2) is 0 Å². The summed E-state index contributed by atoms with van der Waals surface area (Å²) in [4.78, 5) is 26.4. The third kappa shape index (κ3) is 4.19. The van der Waals surface area contributed by atoms with E-state index in [0.29, 0.717) is 30.0 Å². The SMILES string of the molecule is COC(=O)C[C@H]1CC[C@@H](CNC(=O)c2c(-c3ccccc3)noc2C)N1C. The summed E-state index contributed by atoms with van der Waals surface area (Å²) in [7, 11) is 3.39. The number of likely N-dealkylation sites (tertiary alicyclic amines) is 1. The van der Waals surface area contributed by atoms with Crippen molar-refractivity contribution in [1.29, 1.82) is 0 Å². The lowest BCUT2D eigenvalue weighted by molar-refractivity contribution is -0.141. The van der Waals surface area contributed by atoms with Crippen LogP contribution in [0.1, 0.15) is 35.4 Å². The molecule has 1 aromatic carbocycles. The lowest BCUT2D eigenvalue weighted by atomic mass is 10.1. The van der Waals surface area contributed by atoms with E-state index in [-0.39, 0.29) is 24.0 Å². The van der Waals surface area contributed by atoms with E-state index in [2.05, 4.69) is 15.4 Å². The number of nitrogens with one attached hydrogen (secondary N) is 1. The third-order valence-corrected chi connectivity index (χ3v) is 5.25. The van der Waals surface area contributed by atoms with Gasteiger partial charge in [-0.2, -0.15) is 0 Å². The number of aryl methyl sites for hydroxylation is 1. The standard InChI is InChI=1S/C20H25N3O4/c1-13-18(19(22-27-13)14-7-5-4-6-8-14)20(25)21-12-16-10-9-15(23(16)2)11-17(24)26-3/h4-8,15-16H,9-12H2,1-3H3,(H,21,25)/t15-,16+/m1/s1. The number of ether oxygens (including phenoxy) is 1. The Morgan fingerprint density at radius 2 is 1.96 bits per heavy atom. The Morgan fingerprint density at radius 3 is 2.67 bits per heavy atom. The predicted molar refractivity (Wildman–Crippen MR) is 100 cm³/mol. The van der Waals surface area contributed by atoms with Crippen LogP contribution in [0.2, 0.25) is 0 Å². The number of benzene rings is 1. The smallest absolute Gasteiger partial charge is 0.307 e. The second-order valence-corrected chi connectivity index (χ2v) is 6.87. The van der Waals surface area contributed by atoms with Crippen LogP contribution in [-0.2, 0) is 9.53 Å². The summed E-state index contributed by atoms with van der Waals surface area (Å²) < 4.78 is 10.0. The van der Waals surface area contributed by atoms with Crippen molar-refractivity contribution in [2.24, 2.45) is 0 Å². The van der Waals surface area contributed by atoms with Crippen molar-refractivity contribution in [2.45, 2.75) is 38.3 Å². The number of amides is 1. The maximum atomic E-state index is 12.8. The van der Waals surface area contributed by atoms with Gasteiger partial charge in [0.2, 0.25) is 0 Å². The lowest BCUT2D eigenvalue weighted by Gasteiger charge is -2.25. The van der Waals surface area contributed by atoms with Gasteiger partial charge in [0.1, 0.15) is 17.0 Å². The first-order valence-corrected chi connectivity index (χ1v) is 9.10. The van der Waals surface area contributed by atoms with Crippen molar-refractivity contribution in [3.8, 4) is 11.3 Å². The molecule has 0 saturated carbocycles. The fraction of sp³-hybridized carbons (Fsp3) is 0.450. The van der Waals surface area contributed by atoms with E-state index in [4.69, 9.17) is 9.26 Å². The number of rotatable bonds is 6. The fourth-order valence-electron chi connectivity index (χ4n) is 3.59. The minimum Gasteiger partial charge on any atom is -0.469 e. The van der Waals surface area contributed by atoms with Crippen LogP contribution in [0.15, 0.2) is 34.9 Å². The zero-order valence-electron chi connectivity index (χ0n) is 15.9. The highest BCUT2D eigenvalue weighted by atomic mass is 16.5. The highest BCUT2D eigenvalue weighted by Crippen LogP contribution is 2.26. The van der Waals surface area contributed by atoms with Gasteiger partial charge in [-0.3, -0.25) is 14.5 Å². The van der Waals surface area contributed by atoms with Gasteiger partial charge in [-0.15, -0.1) is 0 Å². The summed E-state index contributed by atoms with van der Waals surface area (Å²) in [5.74, 6) is 0.0938.